The predicted molar refractivity (Wildman–Crippen MR) is 86.4 cm³/mol. The molecular weight excluding hydrogens is 230 g/mol. The first-order valence-electron chi connectivity index (χ1n) is 7.85. The van der Waals surface area contributed by atoms with Gasteiger partial charge in [-0.2, -0.15) is 0 Å². The molecule has 0 heterocycles. The van der Waals surface area contributed by atoms with Gasteiger partial charge in [0, 0.05) is 6.54 Å². The lowest BCUT2D eigenvalue weighted by atomic mass is 9.88. The van der Waals surface area contributed by atoms with Crippen molar-refractivity contribution >= 4 is 0 Å². The summed E-state index contributed by atoms with van der Waals surface area (Å²) in [7, 11) is 4.35. The molecule has 1 aliphatic carbocycles. The Morgan fingerprint density at radius 2 is 1.37 bits per heavy atom. The molecule has 0 aromatic carbocycles. The summed E-state index contributed by atoms with van der Waals surface area (Å²) in [5, 5.41) is 0. The van der Waals surface area contributed by atoms with Gasteiger partial charge in [0.05, 0.1) is 0 Å². The van der Waals surface area contributed by atoms with Crippen molar-refractivity contribution in [3.05, 3.63) is 22.3 Å². The molecule has 0 bridgehead atoms. The van der Waals surface area contributed by atoms with Crippen molar-refractivity contribution < 1.29 is 0 Å². The zero-order chi connectivity index (χ0) is 14.7. The van der Waals surface area contributed by atoms with Crippen molar-refractivity contribution in [1.29, 1.82) is 0 Å². The second-order valence-corrected chi connectivity index (χ2v) is 7.14. The SMILES string of the molecule is CC(C)C1=C(CCN(C)C)C(C(C)C)=C(C(C)C)C1. The summed E-state index contributed by atoms with van der Waals surface area (Å²) >= 11 is 0. The summed E-state index contributed by atoms with van der Waals surface area (Å²) in [4.78, 5) is 2.30. The maximum absolute atomic E-state index is 2.36. The maximum Gasteiger partial charge on any atom is 0.00158 e. The number of hydrogen-bond donors (Lipinski definition) is 0. The maximum atomic E-state index is 2.36. The second-order valence-electron chi connectivity index (χ2n) is 7.14. The molecule has 0 saturated heterocycles. The Labute approximate surface area is 120 Å². The summed E-state index contributed by atoms with van der Waals surface area (Å²) in [5.41, 5.74) is 6.77. The summed E-state index contributed by atoms with van der Waals surface area (Å²) in [6.07, 6.45) is 2.44. The minimum Gasteiger partial charge on any atom is -0.309 e. The van der Waals surface area contributed by atoms with Gasteiger partial charge in [-0.1, -0.05) is 52.7 Å². The first kappa shape index (κ1) is 16.5. The van der Waals surface area contributed by atoms with Crippen molar-refractivity contribution in [1.82, 2.24) is 4.90 Å². The van der Waals surface area contributed by atoms with E-state index in [4.69, 9.17) is 0 Å². The molecule has 0 aliphatic heterocycles. The predicted octanol–water partition coefficient (Wildman–Crippen LogP) is 4.90. The second kappa shape index (κ2) is 6.74. The molecule has 0 fully saturated rings. The van der Waals surface area contributed by atoms with Gasteiger partial charge in [-0.25, -0.2) is 0 Å². The Kier molecular flexibility index (Phi) is 5.85. The lowest BCUT2D eigenvalue weighted by Crippen LogP contribution is -2.15. The molecule has 0 unspecified atom stereocenters. The van der Waals surface area contributed by atoms with Gasteiger partial charge in [-0.3, -0.25) is 0 Å². The molecule has 1 nitrogen and oxygen atoms in total. The highest BCUT2D eigenvalue weighted by Gasteiger charge is 2.28. The van der Waals surface area contributed by atoms with E-state index >= 15 is 0 Å². The molecule has 0 radical (unpaired) electrons. The van der Waals surface area contributed by atoms with Crippen molar-refractivity contribution in [2.75, 3.05) is 20.6 Å². The van der Waals surface area contributed by atoms with Gasteiger partial charge in [-0.15, -0.1) is 0 Å². The Morgan fingerprint density at radius 1 is 0.842 bits per heavy atom. The van der Waals surface area contributed by atoms with E-state index in [1.165, 1.54) is 12.8 Å². The number of rotatable bonds is 6. The lowest BCUT2D eigenvalue weighted by molar-refractivity contribution is 0.412. The molecule has 0 spiro atoms. The third-order valence-electron chi connectivity index (χ3n) is 4.22. The Morgan fingerprint density at radius 3 is 1.74 bits per heavy atom. The van der Waals surface area contributed by atoms with Crippen LogP contribution in [0, 0.1) is 17.8 Å². The minimum absolute atomic E-state index is 0.658. The molecule has 1 rings (SSSR count). The van der Waals surface area contributed by atoms with Gasteiger partial charge in [-0.05, 0) is 55.8 Å². The van der Waals surface area contributed by atoms with Crippen LogP contribution in [-0.4, -0.2) is 25.5 Å². The molecule has 0 N–H and O–H groups in total. The third-order valence-corrected chi connectivity index (χ3v) is 4.22. The number of hydrogen-bond acceptors (Lipinski definition) is 1. The van der Waals surface area contributed by atoms with Crippen molar-refractivity contribution in [3.8, 4) is 0 Å². The summed E-state index contributed by atoms with van der Waals surface area (Å²) < 4.78 is 0. The van der Waals surface area contributed by atoms with E-state index in [1.54, 1.807) is 22.3 Å². The van der Waals surface area contributed by atoms with Crippen LogP contribution < -0.4 is 0 Å². The fraction of sp³-hybridized carbons (Fsp3) is 0.778. The van der Waals surface area contributed by atoms with E-state index in [0.29, 0.717) is 17.8 Å². The van der Waals surface area contributed by atoms with Crippen LogP contribution in [0.4, 0.5) is 0 Å². The molecule has 0 saturated carbocycles. The third kappa shape index (κ3) is 3.95. The molecule has 1 aliphatic rings. The van der Waals surface area contributed by atoms with E-state index in [9.17, 15) is 0 Å². The van der Waals surface area contributed by atoms with Crippen molar-refractivity contribution in [2.24, 2.45) is 17.8 Å². The van der Waals surface area contributed by atoms with Gasteiger partial charge in [0.2, 0.25) is 0 Å². The van der Waals surface area contributed by atoms with E-state index in [2.05, 4.69) is 60.5 Å². The molecule has 0 amide bonds. The molecule has 0 aromatic heterocycles. The van der Waals surface area contributed by atoms with Gasteiger partial charge in [0.1, 0.15) is 0 Å². The fourth-order valence-corrected chi connectivity index (χ4v) is 3.19. The topological polar surface area (TPSA) is 3.24 Å². The Hall–Kier alpha value is -0.560. The fourth-order valence-electron chi connectivity index (χ4n) is 3.19. The summed E-state index contributed by atoms with van der Waals surface area (Å²) in [6.45, 7) is 15.3. The number of allylic oxidation sites excluding steroid dienone is 3. The zero-order valence-corrected chi connectivity index (χ0v) is 14.3. The summed E-state index contributed by atoms with van der Waals surface area (Å²) in [6, 6.07) is 0. The van der Waals surface area contributed by atoms with E-state index in [0.717, 1.165) is 6.54 Å². The minimum atomic E-state index is 0.658. The standard InChI is InChI=1S/C18H33N/c1-12(2)16-11-17(13(3)4)18(14(5)6)15(16)9-10-19(7)8/h12-14H,9-11H2,1-8H3. The van der Waals surface area contributed by atoms with Crippen LogP contribution in [0.2, 0.25) is 0 Å². The molecule has 0 aromatic rings. The average Bonchev–Trinajstić information content (AvgIpc) is 2.65. The molecule has 110 valence electrons. The quantitative estimate of drug-likeness (QED) is 0.658. The monoisotopic (exact) mass is 263 g/mol. The largest absolute Gasteiger partial charge is 0.309 e. The molecular formula is C18H33N. The Bertz CT molecular complexity index is 367. The molecule has 1 heteroatoms. The van der Waals surface area contributed by atoms with Crippen molar-refractivity contribution in [2.45, 2.75) is 54.4 Å². The highest BCUT2D eigenvalue weighted by Crippen LogP contribution is 2.43. The van der Waals surface area contributed by atoms with Crippen LogP contribution in [0.25, 0.3) is 0 Å². The van der Waals surface area contributed by atoms with Gasteiger partial charge >= 0.3 is 0 Å². The van der Waals surface area contributed by atoms with Crippen LogP contribution in [0.3, 0.4) is 0 Å². The summed E-state index contributed by atoms with van der Waals surface area (Å²) in [5.74, 6) is 2.02. The van der Waals surface area contributed by atoms with E-state index in [1.807, 2.05) is 0 Å². The highest BCUT2D eigenvalue weighted by molar-refractivity contribution is 5.49. The Balaban J connectivity index is 3.13. The molecule has 0 atom stereocenters. The van der Waals surface area contributed by atoms with Crippen LogP contribution in [0.1, 0.15) is 54.4 Å². The lowest BCUT2D eigenvalue weighted by Gasteiger charge is -2.20. The van der Waals surface area contributed by atoms with Crippen LogP contribution in [-0.2, 0) is 0 Å². The van der Waals surface area contributed by atoms with Gasteiger partial charge in [0.25, 0.3) is 0 Å². The average molecular weight is 263 g/mol. The number of nitrogens with zero attached hydrogens (tertiary/aromatic N) is 1. The first-order chi connectivity index (χ1) is 8.75. The highest BCUT2D eigenvalue weighted by atomic mass is 15.0. The van der Waals surface area contributed by atoms with Crippen LogP contribution >= 0.6 is 0 Å². The van der Waals surface area contributed by atoms with Gasteiger partial charge < -0.3 is 4.90 Å². The molecule has 19 heavy (non-hydrogen) atoms. The van der Waals surface area contributed by atoms with E-state index in [-0.39, 0.29) is 0 Å². The van der Waals surface area contributed by atoms with Gasteiger partial charge in [0.15, 0.2) is 0 Å². The normalized spacial score (nSPS) is 17.1. The zero-order valence-electron chi connectivity index (χ0n) is 14.3. The van der Waals surface area contributed by atoms with Crippen LogP contribution in [0.5, 0.6) is 0 Å². The first-order valence-corrected chi connectivity index (χ1v) is 7.85. The van der Waals surface area contributed by atoms with Crippen molar-refractivity contribution in [3.63, 3.8) is 0 Å². The smallest absolute Gasteiger partial charge is 0.00158 e. The van der Waals surface area contributed by atoms with Crippen LogP contribution in [0.15, 0.2) is 22.3 Å². The van der Waals surface area contributed by atoms with E-state index < -0.39 is 0 Å².